The Kier molecular flexibility index (Phi) is 7.95. The summed E-state index contributed by atoms with van der Waals surface area (Å²) in [6.07, 6.45) is 2.58. The number of benzene rings is 2. The Morgan fingerprint density at radius 3 is 2.42 bits per heavy atom. The summed E-state index contributed by atoms with van der Waals surface area (Å²) in [5.74, 6) is 0.0309. The van der Waals surface area contributed by atoms with Crippen LogP contribution in [0.5, 0.6) is 5.75 Å². The van der Waals surface area contributed by atoms with Gasteiger partial charge < -0.3 is 4.74 Å². The van der Waals surface area contributed by atoms with Gasteiger partial charge in [-0.05, 0) is 31.0 Å². The molecule has 0 saturated heterocycles. The lowest BCUT2D eigenvalue weighted by Crippen LogP contribution is -2.19. The van der Waals surface area contributed by atoms with Gasteiger partial charge in [-0.15, -0.1) is 0 Å². The molecule has 0 aliphatic carbocycles. The highest BCUT2D eigenvalue weighted by Gasteiger charge is 2.14. The summed E-state index contributed by atoms with van der Waals surface area (Å²) in [6.45, 7) is 4.46. The third kappa shape index (κ3) is 6.04. The first-order valence-corrected chi connectivity index (χ1v) is 9.26. The Morgan fingerprint density at radius 1 is 1.15 bits per heavy atom. The average Bonchev–Trinajstić information content (AvgIpc) is 2.62. The zero-order valence-electron chi connectivity index (χ0n) is 14.9. The van der Waals surface area contributed by atoms with E-state index in [1.165, 1.54) is 12.1 Å². The van der Waals surface area contributed by atoms with Crippen molar-refractivity contribution in [2.75, 3.05) is 6.61 Å². The molecule has 138 valence electrons. The number of nitrogens with one attached hydrogen (secondary N) is 1. The fraction of sp³-hybridized carbons (Fsp3) is 0.300. The van der Waals surface area contributed by atoms with Crippen molar-refractivity contribution in [3.05, 3.63) is 63.6 Å². The van der Waals surface area contributed by atoms with Crippen molar-refractivity contribution in [2.24, 2.45) is 5.10 Å². The van der Waals surface area contributed by atoms with Crippen LogP contribution in [-0.2, 0) is 6.42 Å². The molecule has 0 fully saturated rings. The van der Waals surface area contributed by atoms with Gasteiger partial charge in [-0.1, -0.05) is 66.9 Å². The maximum absolute atomic E-state index is 12.3. The normalized spacial score (nSPS) is 11.3. The van der Waals surface area contributed by atoms with Crippen molar-refractivity contribution in [2.45, 2.75) is 33.1 Å². The van der Waals surface area contributed by atoms with Gasteiger partial charge in [0.2, 0.25) is 0 Å². The van der Waals surface area contributed by atoms with Gasteiger partial charge in [-0.2, -0.15) is 5.10 Å². The second-order valence-electron chi connectivity index (χ2n) is 5.92. The minimum absolute atomic E-state index is 0.309. The SMILES string of the molecule is CCCCOc1c(Cl)cc(C(=O)N/N=C(\C)Cc2ccccc2)cc1Cl. The van der Waals surface area contributed by atoms with Gasteiger partial charge in [0.1, 0.15) is 0 Å². The molecule has 6 heteroatoms. The monoisotopic (exact) mass is 392 g/mol. The smallest absolute Gasteiger partial charge is 0.271 e. The molecule has 0 radical (unpaired) electrons. The molecule has 1 amide bonds. The number of carbonyl (C=O) groups is 1. The molecule has 2 rings (SSSR count). The fourth-order valence-electron chi connectivity index (χ4n) is 2.29. The van der Waals surface area contributed by atoms with Crippen molar-refractivity contribution in [1.29, 1.82) is 0 Å². The number of nitrogens with zero attached hydrogens (tertiary/aromatic N) is 1. The van der Waals surface area contributed by atoms with Gasteiger partial charge >= 0.3 is 0 Å². The predicted octanol–water partition coefficient (Wildman–Crippen LogP) is 5.52. The first-order chi connectivity index (χ1) is 12.5. The number of rotatable bonds is 8. The van der Waals surface area contributed by atoms with Crippen LogP contribution in [-0.4, -0.2) is 18.2 Å². The average molecular weight is 393 g/mol. The van der Waals surface area contributed by atoms with Crippen LogP contribution in [0.3, 0.4) is 0 Å². The summed E-state index contributed by atoms with van der Waals surface area (Å²) < 4.78 is 5.58. The van der Waals surface area contributed by atoms with E-state index in [0.717, 1.165) is 24.1 Å². The lowest BCUT2D eigenvalue weighted by molar-refractivity contribution is 0.0954. The summed E-state index contributed by atoms with van der Waals surface area (Å²) >= 11 is 12.4. The molecule has 0 saturated carbocycles. The fourth-order valence-corrected chi connectivity index (χ4v) is 2.89. The molecule has 0 aliphatic heterocycles. The van der Waals surface area contributed by atoms with Crippen LogP contribution in [0.15, 0.2) is 47.6 Å². The van der Waals surface area contributed by atoms with E-state index in [2.05, 4.69) is 17.5 Å². The van der Waals surface area contributed by atoms with Gasteiger partial charge in [0.25, 0.3) is 5.91 Å². The highest BCUT2D eigenvalue weighted by Crippen LogP contribution is 2.34. The largest absolute Gasteiger partial charge is 0.490 e. The van der Waals surface area contributed by atoms with Gasteiger partial charge in [0.05, 0.1) is 16.7 Å². The number of carbonyl (C=O) groups excluding carboxylic acids is 1. The van der Waals surface area contributed by atoms with Crippen molar-refractivity contribution < 1.29 is 9.53 Å². The van der Waals surface area contributed by atoms with E-state index < -0.39 is 0 Å². The second-order valence-corrected chi connectivity index (χ2v) is 6.74. The molecule has 0 aliphatic rings. The van der Waals surface area contributed by atoms with Gasteiger partial charge in [-0.3, -0.25) is 4.79 Å². The summed E-state index contributed by atoms with van der Waals surface area (Å²) in [4.78, 5) is 12.3. The molecule has 2 aromatic carbocycles. The Balaban J connectivity index is 2.01. The van der Waals surface area contributed by atoms with Gasteiger partial charge in [0.15, 0.2) is 5.75 Å². The molecule has 0 spiro atoms. The first-order valence-electron chi connectivity index (χ1n) is 8.50. The number of hydrogen-bond donors (Lipinski definition) is 1. The lowest BCUT2D eigenvalue weighted by atomic mass is 10.1. The predicted molar refractivity (Wildman–Crippen MR) is 108 cm³/mol. The van der Waals surface area contributed by atoms with E-state index in [1.54, 1.807) is 0 Å². The van der Waals surface area contributed by atoms with Crippen LogP contribution in [0.25, 0.3) is 0 Å². The molecule has 2 aromatic rings. The van der Waals surface area contributed by atoms with Crippen LogP contribution >= 0.6 is 23.2 Å². The minimum atomic E-state index is -0.374. The minimum Gasteiger partial charge on any atom is -0.490 e. The quantitative estimate of drug-likeness (QED) is 0.365. The van der Waals surface area contributed by atoms with Crippen molar-refractivity contribution >= 4 is 34.8 Å². The molecule has 0 aromatic heterocycles. The molecular weight excluding hydrogens is 371 g/mol. The summed E-state index contributed by atoms with van der Waals surface area (Å²) in [7, 11) is 0. The standard InChI is InChI=1S/C20H22Cl2N2O2/c1-3-4-10-26-19-17(21)12-16(13-18(19)22)20(25)24-23-14(2)11-15-8-6-5-7-9-15/h5-9,12-13H,3-4,10-11H2,1-2H3,(H,24,25)/b23-14+. The number of ether oxygens (including phenoxy) is 1. The molecule has 0 unspecified atom stereocenters. The third-order valence-electron chi connectivity index (χ3n) is 3.66. The Labute approximate surface area is 164 Å². The number of amides is 1. The molecule has 0 bridgehead atoms. The van der Waals surface area contributed by atoms with Crippen molar-refractivity contribution in [3.8, 4) is 5.75 Å². The van der Waals surface area contributed by atoms with E-state index >= 15 is 0 Å². The number of hydrazone groups is 1. The van der Waals surface area contributed by atoms with Gasteiger partial charge in [0, 0.05) is 17.7 Å². The van der Waals surface area contributed by atoms with Crippen molar-refractivity contribution in [3.63, 3.8) is 0 Å². The van der Waals surface area contributed by atoms with E-state index in [9.17, 15) is 4.79 Å². The van der Waals surface area contributed by atoms with E-state index in [1.807, 2.05) is 37.3 Å². The highest BCUT2D eigenvalue weighted by atomic mass is 35.5. The van der Waals surface area contributed by atoms with E-state index in [4.69, 9.17) is 27.9 Å². The molecular formula is C20H22Cl2N2O2. The van der Waals surface area contributed by atoms with Crippen molar-refractivity contribution in [1.82, 2.24) is 5.43 Å². The van der Waals surface area contributed by atoms with Crippen LogP contribution < -0.4 is 10.2 Å². The topological polar surface area (TPSA) is 50.7 Å². The Bertz CT molecular complexity index is 754. The second kappa shape index (κ2) is 10.2. The number of halogens is 2. The van der Waals surface area contributed by atoms with Gasteiger partial charge in [-0.25, -0.2) is 5.43 Å². The zero-order valence-corrected chi connectivity index (χ0v) is 16.4. The highest BCUT2D eigenvalue weighted by molar-refractivity contribution is 6.37. The molecule has 26 heavy (non-hydrogen) atoms. The summed E-state index contributed by atoms with van der Waals surface area (Å²) in [6, 6.07) is 13.0. The Morgan fingerprint density at radius 2 is 1.81 bits per heavy atom. The molecule has 0 atom stereocenters. The summed E-state index contributed by atoms with van der Waals surface area (Å²) in [5, 5.41) is 4.76. The maximum Gasteiger partial charge on any atom is 0.271 e. The number of hydrogen-bond acceptors (Lipinski definition) is 3. The van der Waals surface area contributed by atoms with E-state index in [0.29, 0.717) is 34.4 Å². The lowest BCUT2D eigenvalue weighted by Gasteiger charge is -2.11. The van der Waals surface area contributed by atoms with Crippen LogP contribution in [0, 0.1) is 0 Å². The van der Waals surface area contributed by atoms with Crippen LogP contribution in [0.1, 0.15) is 42.6 Å². The summed E-state index contributed by atoms with van der Waals surface area (Å²) in [5.41, 5.74) is 4.79. The maximum atomic E-state index is 12.3. The molecule has 4 nitrogen and oxygen atoms in total. The first kappa shape index (κ1) is 20.3. The molecule has 0 heterocycles. The third-order valence-corrected chi connectivity index (χ3v) is 4.22. The zero-order chi connectivity index (χ0) is 18.9. The molecule has 1 N–H and O–H groups in total. The van der Waals surface area contributed by atoms with E-state index in [-0.39, 0.29) is 5.91 Å². The number of unbranched alkanes of at least 4 members (excludes halogenated alkanes) is 1. The Hall–Kier alpha value is -2.04. The van der Waals surface area contributed by atoms with Crippen LogP contribution in [0.2, 0.25) is 10.0 Å². The van der Waals surface area contributed by atoms with Crippen LogP contribution in [0.4, 0.5) is 0 Å².